The Bertz CT molecular complexity index is 1100. The molecule has 2 heterocycles. The van der Waals surface area contributed by atoms with Crippen LogP contribution in [0, 0.1) is 5.92 Å². The topological polar surface area (TPSA) is 124 Å². The largest absolute Gasteiger partial charge is 0.495 e. The Morgan fingerprint density at radius 2 is 1.60 bits per heavy atom. The van der Waals surface area contributed by atoms with E-state index in [0.29, 0.717) is 12.2 Å². The molecule has 0 radical (unpaired) electrons. The van der Waals surface area contributed by atoms with Crippen LogP contribution in [0.2, 0.25) is 0 Å². The highest BCUT2D eigenvalue weighted by atomic mass is 16.5. The van der Waals surface area contributed by atoms with Crippen LogP contribution in [0.25, 0.3) is 0 Å². The smallest absolute Gasteiger partial charge is 0.328 e. The lowest BCUT2D eigenvalue weighted by molar-refractivity contribution is -0.134. The molecule has 1 aliphatic heterocycles. The van der Waals surface area contributed by atoms with E-state index in [2.05, 4.69) is 26.9 Å². The fraction of sp³-hybridized carbons (Fsp3) is 0.467. The zero-order chi connectivity index (χ0) is 28.7. The second-order valence-electron chi connectivity index (χ2n) is 9.88. The van der Waals surface area contributed by atoms with Crippen LogP contribution in [0.3, 0.4) is 0 Å². The van der Waals surface area contributed by atoms with Crippen molar-refractivity contribution < 1.29 is 29.3 Å². The van der Waals surface area contributed by atoms with E-state index in [4.69, 9.17) is 14.9 Å². The zero-order valence-electron chi connectivity index (χ0n) is 23.2. The van der Waals surface area contributed by atoms with Crippen molar-refractivity contribution in [2.24, 2.45) is 5.92 Å². The highest BCUT2D eigenvalue weighted by Crippen LogP contribution is 2.29. The van der Waals surface area contributed by atoms with Crippen molar-refractivity contribution in [2.75, 3.05) is 56.2 Å². The number of anilines is 2. The maximum atomic E-state index is 13.3. The summed E-state index contributed by atoms with van der Waals surface area (Å²) in [5, 5.41) is 15.6. The van der Waals surface area contributed by atoms with Gasteiger partial charge in [-0.15, -0.1) is 0 Å². The van der Waals surface area contributed by atoms with Gasteiger partial charge in [-0.05, 0) is 50.1 Å². The highest BCUT2D eigenvalue weighted by molar-refractivity contribution is 5.94. The van der Waals surface area contributed by atoms with Crippen LogP contribution in [-0.2, 0) is 14.4 Å². The number of pyridine rings is 1. The molecule has 2 N–H and O–H groups in total. The molecule has 0 unspecified atom stereocenters. The predicted octanol–water partition coefficient (Wildman–Crippen LogP) is 3.93. The summed E-state index contributed by atoms with van der Waals surface area (Å²) in [6, 6.07) is 14.1. The quantitative estimate of drug-likeness (QED) is 0.422. The SMILES string of the molecule is COc1ccccc1N1CCN(CCCN(C(=O)C2CCCCC2)c2ccccn2)CC1.O=C(O)/C=C\C(=O)O. The lowest BCUT2D eigenvalue weighted by Gasteiger charge is -2.37. The molecule has 0 atom stereocenters. The average Bonchev–Trinajstić information content (AvgIpc) is 2.99. The number of aliphatic carboxylic acids is 2. The third-order valence-electron chi connectivity index (χ3n) is 7.17. The van der Waals surface area contributed by atoms with Gasteiger partial charge in [-0.2, -0.15) is 0 Å². The average molecular weight is 553 g/mol. The van der Waals surface area contributed by atoms with E-state index in [1.807, 2.05) is 35.2 Å². The second kappa shape index (κ2) is 16.2. The Morgan fingerprint density at radius 3 is 2.20 bits per heavy atom. The van der Waals surface area contributed by atoms with E-state index in [1.54, 1.807) is 13.3 Å². The number of carbonyl (C=O) groups is 3. The number of methoxy groups -OCH3 is 1. The molecule has 1 saturated carbocycles. The first-order valence-corrected chi connectivity index (χ1v) is 13.9. The first-order chi connectivity index (χ1) is 19.4. The normalized spacial score (nSPS) is 16.2. The number of hydrogen-bond acceptors (Lipinski definition) is 7. The van der Waals surface area contributed by atoms with Crippen molar-refractivity contribution in [1.29, 1.82) is 0 Å². The minimum absolute atomic E-state index is 0.162. The molecule has 2 aliphatic rings. The number of hydrogen-bond donors (Lipinski definition) is 2. The van der Waals surface area contributed by atoms with Crippen LogP contribution in [0.1, 0.15) is 38.5 Å². The minimum atomic E-state index is -1.26. The third kappa shape index (κ3) is 9.68. The minimum Gasteiger partial charge on any atom is -0.495 e. The molecular formula is C30H40N4O6. The molecule has 4 rings (SSSR count). The number of nitrogens with zero attached hydrogens (tertiary/aromatic N) is 4. The van der Waals surface area contributed by atoms with Crippen molar-refractivity contribution in [1.82, 2.24) is 9.88 Å². The van der Waals surface area contributed by atoms with Crippen LogP contribution < -0.4 is 14.5 Å². The number of rotatable bonds is 10. The van der Waals surface area contributed by atoms with Gasteiger partial charge in [0, 0.05) is 57.0 Å². The summed E-state index contributed by atoms with van der Waals surface area (Å²) in [5.74, 6) is -0.350. The Kier molecular flexibility index (Phi) is 12.4. The number of ether oxygens (including phenoxy) is 1. The number of carboxylic acids is 2. The molecule has 0 bridgehead atoms. The number of amides is 1. The number of benzene rings is 1. The predicted molar refractivity (Wildman–Crippen MR) is 154 cm³/mol. The summed E-state index contributed by atoms with van der Waals surface area (Å²) < 4.78 is 5.53. The summed E-state index contributed by atoms with van der Waals surface area (Å²) in [7, 11) is 1.73. The van der Waals surface area contributed by atoms with Crippen LogP contribution in [0.5, 0.6) is 5.75 Å². The molecule has 2 fully saturated rings. The molecule has 2 aromatic rings. The maximum absolute atomic E-state index is 13.3. The number of piperazine rings is 1. The van der Waals surface area contributed by atoms with Crippen LogP contribution in [0.15, 0.2) is 60.8 Å². The monoisotopic (exact) mass is 552 g/mol. The Hall–Kier alpha value is -3.92. The van der Waals surface area contributed by atoms with Crippen molar-refractivity contribution in [3.05, 3.63) is 60.8 Å². The second-order valence-corrected chi connectivity index (χ2v) is 9.88. The van der Waals surface area contributed by atoms with Gasteiger partial charge in [-0.1, -0.05) is 37.5 Å². The van der Waals surface area contributed by atoms with Gasteiger partial charge in [-0.25, -0.2) is 14.6 Å². The van der Waals surface area contributed by atoms with E-state index in [-0.39, 0.29) is 11.8 Å². The van der Waals surface area contributed by atoms with E-state index in [9.17, 15) is 14.4 Å². The maximum Gasteiger partial charge on any atom is 0.328 e. The van der Waals surface area contributed by atoms with Gasteiger partial charge in [0.15, 0.2) is 0 Å². The summed E-state index contributed by atoms with van der Waals surface area (Å²) in [6.07, 6.45) is 9.50. The fourth-order valence-electron chi connectivity index (χ4n) is 5.12. The van der Waals surface area contributed by atoms with E-state index < -0.39 is 11.9 Å². The first-order valence-electron chi connectivity index (χ1n) is 13.9. The van der Waals surface area contributed by atoms with Crippen molar-refractivity contribution in [2.45, 2.75) is 38.5 Å². The van der Waals surface area contributed by atoms with E-state index >= 15 is 0 Å². The summed E-state index contributed by atoms with van der Waals surface area (Å²) in [6.45, 7) is 5.77. The van der Waals surface area contributed by atoms with Crippen molar-refractivity contribution >= 4 is 29.4 Å². The lowest BCUT2D eigenvalue weighted by atomic mass is 9.88. The number of aromatic nitrogens is 1. The summed E-state index contributed by atoms with van der Waals surface area (Å²) >= 11 is 0. The van der Waals surface area contributed by atoms with Gasteiger partial charge in [-0.3, -0.25) is 14.6 Å². The number of carboxylic acid groups (broad SMARTS) is 2. The molecule has 1 amide bonds. The molecule has 10 nitrogen and oxygen atoms in total. The van der Waals surface area contributed by atoms with Crippen LogP contribution >= 0.6 is 0 Å². The highest BCUT2D eigenvalue weighted by Gasteiger charge is 2.27. The van der Waals surface area contributed by atoms with Gasteiger partial charge in [0.25, 0.3) is 0 Å². The lowest BCUT2D eigenvalue weighted by Crippen LogP contribution is -2.47. The fourth-order valence-corrected chi connectivity index (χ4v) is 5.12. The van der Waals surface area contributed by atoms with Gasteiger partial charge < -0.3 is 19.8 Å². The first kappa shape index (κ1) is 30.6. The van der Waals surface area contributed by atoms with Crippen LogP contribution in [-0.4, -0.2) is 84.3 Å². The Morgan fingerprint density at radius 1 is 0.950 bits per heavy atom. The number of carbonyl (C=O) groups excluding carboxylic acids is 1. The van der Waals surface area contributed by atoms with Crippen LogP contribution in [0.4, 0.5) is 11.5 Å². The molecule has 216 valence electrons. The van der Waals surface area contributed by atoms with E-state index in [0.717, 1.165) is 70.1 Å². The Labute approximate surface area is 235 Å². The molecule has 1 saturated heterocycles. The molecular weight excluding hydrogens is 512 g/mol. The van der Waals surface area contributed by atoms with Gasteiger partial charge in [0.2, 0.25) is 5.91 Å². The zero-order valence-corrected chi connectivity index (χ0v) is 23.2. The van der Waals surface area contributed by atoms with Gasteiger partial charge >= 0.3 is 11.9 Å². The number of para-hydroxylation sites is 2. The molecule has 1 aliphatic carbocycles. The molecule has 0 spiro atoms. The molecule has 1 aromatic heterocycles. The standard InChI is InChI=1S/C26H36N4O2.C4H4O4/c1-32-24-13-6-5-12-23(24)29-20-18-28(19-21-29)16-9-17-30(25-14-7-8-15-27-25)26(31)22-10-3-2-4-11-22;5-3(6)1-2-4(7)8/h5-8,12-15,22H,2-4,9-11,16-21H2,1H3;1-2H,(H,5,6)(H,7,8)/b;2-1-. The van der Waals surface area contributed by atoms with Crippen molar-refractivity contribution in [3.63, 3.8) is 0 Å². The molecule has 10 heteroatoms. The Balaban J connectivity index is 0.000000482. The third-order valence-corrected chi connectivity index (χ3v) is 7.17. The molecule has 1 aromatic carbocycles. The van der Waals surface area contributed by atoms with Gasteiger partial charge in [0.1, 0.15) is 11.6 Å². The van der Waals surface area contributed by atoms with E-state index in [1.165, 1.54) is 24.9 Å². The summed E-state index contributed by atoms with van der Waals surface area (Å²) in [4.78, 5) is 43.8. The molecule has 40 heavy (non-hydrogen) atoms. The summed E-state index contributed by atoms with van der Waals surface area (Å²) in [5.41, 5.74) is 1.18. The van der Waals surface area contributed by atoms with Crippen molar-refractivity contribution in [3.8, 4) is 5.75 Å². The van der Waals surface area contributed by atoms with Gasteiger partial charge in [0.05, 0.1) is 12.8 Å².